The summed E-state index contributed by atoms with van der Waals surface area (Å²) in [6.45, 7) is 2.05. The maximum atomic E-state index is 12.4. The van der Waals surface area contributed by atoms with Gasteiger partial charge in [0.1, 0.15) is 11.8 Å². The number of para-hydroxylation sites is 1. The summed E-state index contributed by atoms with van der Waals surface area (Å²) in [4.78, 5) is 15.7. The standard InChI is InChI=1S/C23H19N3O2/c1-3-28-23(27)22-20(18(13-24)14-26(22)2)16-9-7-15(8-10-16)19-6-4-5-17-11-12-25-21(17)19/h4-12,14,25H,3H2,1-2H3. The number of carbonyl (C=O) groups is 1. The quantitative estimate of drug-likeness (QED) is 0.521. The van der Waals surface area contributed by atoms with Crippen molar-refractivity contribution in [1.82, 2.24) is 9.55 Å². The van der Waals surface area contributed by atoms with Gasteiger partial charge in [-0.15, -0.1) is 0 Å². The second-order valence-corrected chi connectivity index (χ2v) is 6.53. The number of ether oxygens (including phenoxy) is 1. The third-order valence-corrected chi connectivity index (χ3v) is 4.84. The van der Waals surface area contributed by atoms with E-state index < -0.39 is 5.97 Å². The SMILES string of the molecule is CCOC(=O)c1c(-c2ccc(-c3cccc4cc[nH]c34)cc2)c(C#N)cn1C. The van der Waals surface area contributed by atoms with Gasteiger partial charge in [0, 0.05) is 30.6 Å². The molecule has 5 heteroatoms. The fourth-order valence-electron chi connectivity index (χ4n) is 3.59. The van der Waals surface area contributed by atoms with E-state index in [1.165, 1.54) is 0 Å². The Hall–Kier alpha value is -3.78. The second kappa shape index (κ2) is 7.09. The van der Waals surface area contributed by atoms with E-state index in [1.54, 1.807) is 24.7 Å². The fraction of sp³-hybridized carbons (Fsp3) is 0.130. The highest BCUT2D eigenvalue weighted by molar-refractivity contribution is 5.98. The molecule has 0 amide bonds. The molecule has 0 spiro atoms. The van der Waals surface area contributed by atoms with Gasteiger partial charge in [0.05, 0.1) is 17.7 Å². The smallest absolute Gasteiger partial charge is 0.355 e. The highest BCUT2D eigenvalue weighted by Crippen LogP contribution is 2.33. The minimum absolute atomic E-state index is 0.282. The van der Waals surface area contributed by atoms with Gasteiger partial charge in [-0.3, -0.25) is 0 Å². The topological polar surface area (TPSA) is 70.8 Å². The molecule has 0 saturated carbocycles. The molecule has 0 aliphatic heterocycles. The highest BCUT2D eigenvalue weighted by atomic mass is 16.5. The molecule has 0 bridgehead atoms. The molecule has 0 unspecified atom stereocenters. The molecule has 5 nitrogen and oxygen atoms in total. The van der Waals surface area contributed by atoms with E-state index in [1.807, 2.05) is 42.6 Å². The number of carbonyl (C=O) groups excluding carboxylic acids is 1. The molecule has 4 rings (SSSR count). The van der Waals surface area contributed by atoms with Gasteiger partial charge in [0.2, 0.25) is 0 Å². The van der Waals surface area contributed by atoms with E-state index in [0.717, 1.165) is 27.6 Å². The molecule has 0 aliphatic rings. The number of fused-ring (bicyclic) bond motifs is 1. The van der Waals surface area contributed by atoms with Crippen molar-refractivity contribution < 1.29 is 9.53 Å². The lowest BCUT2D eigenvalue weighted by atomic mass is 9.97. The Bertz CT molecular complexity index is 1210. The number of aromatic amines is 1. The molecule has 2 aromatic carbocycles. The van der Waals surface area contributed by atoms with Crippen LogP contribution >= 0.6 is 0 Å². The monoisotopic (exact) mass is 369 g/mol. The van der Waals surface area contributed by atoms with Crippen LogP contribution in [0.5, 0.6) is 0 Å². The minimum Gasteiger partial charge on any atom is -0.461 e. The first kappa shape index (κ1) is 17.6. The number of hydrogen-bond acceptors (Lipinski definition) is 3. The second-order valence-electron chi connectivity index (χ2n) is 6.53. The number of esters is 1. The van der Waals surface area contributed by atoms with Gasteiger partial charge in [-0.2, -0.15) is 5.26 Å². The average Bonchev–Trinajstić information content (AvgIpc) is 3.32. The van der Waals surface area contributed by atoms with Crippen LogP contribution in [0.4, 0.5) is 0 Å². The lowest BCUT2D eigenvalue weighted by Crippen LogP contribution is -2.10. The van der Waals surface area contributed by atoms with Crippen molar-refractivity contribution >= 4 is 16.9 Å². The van der Waals surface area contributed by atoms with E-state index in [2.05, 4.69) is 23.2 Å². The lowest BCUT2D eigenvalue weighted by Gasteiger charge is -2.09. The Morgan fingerprint density at radius 3 is 2.61 bits per heavy atom. The van der Waals surface area contributed by atoms with Gasteiger partial charge < -0.3 is 14.3 Å². The Morgan fingerprint density at radius 2 is 1.89 bits per heavy atom. The van der Waals surface area contributed by atoms with Gasteiger partial charge in [-0.1, -0.05) is 42.5 Å². The van der Waals surface area contributed by atoms with Crippen LogP contribution in [0.1, 0.15) is 23.0 Å². The van der Waals surface area contributed by atoms with Crippen LogP contribution in [-0.4, -0.2) is 22.1 Å². The molecular weight excluding hydrogens is 350 g/mol. The predicted molar refractivity (Wildman–Crippen MR) is 109 cm³/mol. The van der Waals surface area contributed by atoms with Crippen LogP contribution < -0.4 is 0 Å². The van der Waals surface area contributed by atoms with Crippen LogP contribution in [0.3, 0.4) is 0 Å². The van der Waals surface area contributed by atoms with Crippen LogP contribution in [0.15, 0.2) is 60.9 Å². The summed E-state index contributed by atoms with van der Waals surface area (Å²) in [5.74, 6) is -0.429. The zero-order valence-electron chi connectivity index (χ0n) is 15.7. The molecule has 1 N–H and O–H groups in total. The first-order valence-electron chi connectivity index (χ1n) is 9.07. The summed E-state index contributed by atoms with van der Waals surface area (Å²) in [6.07, 6.45) is 3.59. The number of aryl methyl sites for hydroxylation is 1. The molecule has 2 heterocycles. The van der Waals surface area contributed by atoms with Gasteiger partial charge in [-0.05, 0) is 29.5 Å². The molecule has 138 valence electrons. The number of aromatic nitrogens is 2. The average molecular weight is 369 g/mol. The summed E-state index contributed by atoms with van der Waals surface area (Å²) in [7, 11) is 1.75. The number of nitriles is 1. The summed E-state index contributed by atoms with van der Waals surface area (Å²) >= 11 is 0. The molecule has 0 saturated heterocycles. The summed E-state index contributed by atoms with van der Waals surface area (Å²) in [6, 6.07) is 18.3. The molecular formula is C23H19N3O2. The van der Waals surface area contributed by atoms with Crippen LogP contribution in [0.2, 0.25) is 0 Å². The van der Waals surface area contributed by atoms with Gasteiger partial charge in [0.15, 0.2) is 0 Å². The molecule has 28 heavy (non-hydrogen) atoms. The first-order valence-corrected chi connectivity index (χ1v) is 9.07. The highest BCUT2D eigenvalue weighted by Gasteiger charge is 2.22. The van der Waals surface area contributed by atoms with Crippen LogP contribution in [0, 0.1) is 11.3 Å². The lowest BCUT2D eigenvalue weighted by molar-refractivity contribution is 0.0516. The summed E-state index contributed by atoms with van der Waals surface area (Å²) in [5.41, 5.74) is 5.50. The van der Waals surface area contributed by atoms with E-state index in [9.17, 15) is 10.1 Å². The summed E-state index contributed by atoms with van der Waals surface area (Å²) in [5, 5.41) is 10.7. The van der Waals surface area contributed by atoms with Crippen molar-refractivity contribution in [2.45, 2.75) is 6.92 Å². The number of nitrogens with zero attached hydrogens (tertiary/aromatic N) is 2. The van der Waals surface area contributed by atoms with E-state index >= 15 is 0 Å². The Morgan fingerprint density at radius 1 is 1.14 bits per heavy atom. The Balaban J connectivity index is 1.81. The van der Waals surface area contributed by atoms with E-state index in [0.29, 0.717) is 16.8 Å². The van der Waals surface area contributed by atoms with Crippen molar-refractivity contribution in [3.63, 3.8) is 0 Å². The number of benzene rings is 2. The molecule has 2 aromatic heterocycles. The van der Waals surface area contributed by atoms with Crippen LogP contribution in [-0.2, 0) is 11.8 Å². The fourth-order valence-corrected chi connectivity index (χ4v) is 3.59. The van der Waals surface area contributed by atoms with Gasteiger partial charge in [0.25, 0.3) is 0 Å². The molecule has 4 aromatic rings. The largest absolute Gasteiger partial charge is 0.461 e. The van der Waals surface area contributed by atoms with Gasteiger partial charge in [-0.25, -0.2) is 4.79 Å². The van der Waals surface area contributed by atoms with Crippen molar-refractivity contribution in [2.75, 3.05) is 6.61 Å². The zero-order chi connectivity index (χ0) is 19.7. The van der Waals surface area contributed by atoms with Crippen molar-refractivity contribution in [2.24, 2.45) is 7.05 Å². The number of rotatable bonds is 4. The maximum Gasteiger partial charge on any atom is 0.355 e. The third kappa shape index (κ3) is 2.85. The number of nitrogens with one attached hydrogen (secondary N) is 1. The first-order chi connectivity index (χ1) is 13.6. The molecule has 0 aliphatic carbocycles. The van der Waals surface area contributed by atoms with Crippen molar-refractivity contribution in [3.05, 3.63) is 72.2 Å². The Labute approximate surface area is 162 Å². The molecule has 0 fully saturated rings. The van der Waals surface area contributed by atoms with Crippen LogP contribution in [0.25, 0.3) is 33.2 Å². The summed E-state index contributed by atoms with van der Waals surface area (Å²) < 4.78 is 6.84. The van der Waals surface area contributed by atoms with E-state index in [4.69, 9.17) is 4.74 Å². The minimum atomic E-state index is -0.429. The van der Waals surface area contributed by atoms with E-state index in [-0.39, 0.29) is 6.61 Å². The molecule has 0 radical (unpaired) electrons. The number of hydrogen-bond donors (Lipinski definition) is 1. The third-order valence-electron chi connectivity index (χ3n) is 4.84. The van der Waals surface area contributed by atoms with Crippen molar-refractivity contribution in [3.8, 4) is 28.3 Å². The molecule has 0 atom stereocenters. The Kier molecular flexibility index (Phi) is 4.46. The zero-order valence-corrected chi connectivity index (χ0v) is 15.7. The van der Waals surface area contributed by atoms with Gasteiger partial charge >= 0.3 is 5.97 Å². The maximum absolute atomic E-state index is 12.4. The predicted octanol–water partition coefficient (Wildman–Crippen LogP) is 4.89. The number of H-pyrrole nitrogens is 1. The van der Waals surface area contributed by atoms with Crippen molar-refractivity contribution in [1.29, 1.82) is 5.26 Å². The normalized spacial score (nSPS) is 10.8.